The maximum Gasteiger partial charge on any atom is 0.356 e. The van der Waals surface area contributed by atoms with E-state index >= 15 is 0 Å². The van der Waals surface area contributed by atoms with Gasteiger partial charge in [0.1, 0.15) is 12.4 Å². The monoisotopic (exact) mass is 408 g/mol. The number of rotatable bonds is 6. The molecule has 0 fully saturated rings. The Morgan fingerprint density at radius 3 is 2.70 bits per heavy atom. The molecule has 3 aromatic rings. The average Bonchev–Trinajstić information content (AvgIpc) is 3.26. The van der Waals surface area contributed by atoms with E-state index in [1.807, 2.05) is 0 Å². The van der Waals surface area contributed by atoms with E-state index in [2.05, 4.69) is 20.5 Å². The van der Waals surface area contributed by atoms with Crippen LogP contribution in [0.25, 0.3) is 0 Å². The van der Waals surface area contributed by atoms with Crippen LogP contribution in [0.5, 0.6) is 0 Å². The quantitative estimate of drug-likeness (QED) is 0.647. The molecule has 1 atom stereocenters. The zero-order valence-electron chi connectivity index (χ0n) is 14.0. The van der Waals surface area contributed by atoms with Gasteiger partial charge < -0.3 is 5.11 Å². The smallest absolute Gasteiger partial charge is 0.356 e. The topological polar surface area (TPSA) is 115 Å². The number of hydrogen-bond donors (Lipinski definition) is 2. The van der Waals surface area contributed by atoms with E-state index in [-0.39, 0.29) is 11.6 Å². The molecule has 0 aliphatic carbocycles. The van der Waals surface area contributed by atoms with Crippen LogP contribution in [0.4, 0.5) is 5.95 Å². The van der Waals surface area contributed by atoms with Crippen LogP contribution in [0.1, 0.15) is 29.0 Å². The number of anilines is 1. The molecule has 9 nitrogen and oxygen atoms in total. The first-order valence-electron chi connectivity index (χ1n) is 7.76. The minimum atomic E-state index is -1.16. The van der Waals surface area contributed by atoms with Gasteiger partial charge in [-0.25, -0.2) is 14.5 Å². The number of carbonyl (C=O) groups excluding carboxylic acids is 1. The highest BCUT2D eigenvalue weighted by Gasteiger charge is 2.19. The first-order chi connectivity index (χ1) is 12.8. The lowest BCUT2D eigenvalue weighted by Crippen LogP contribution is -2.25. The van der Waals surface area contributed by atoms with Crippen molar-refractivity contribution in [3.8, 4) is 0 Å². The van der Waals surface area contributed by atoms with E-state index in [9.17, 15) is 9.59 Å². The second kappa shape index (κ2) is 7.77. The number of hydrogen-bond acceptors (Lipinski definition) is 5. The van der Waals surface area contributed by atoms with Gasteiger partial charge in [-0.05, 0) is 30.7 Å². The molecule has 140 valence electrons. The first-order valence-corrected chi connectivity index (χ1v) is 8.52. The van der Waals surface area contributed by atoms with Crippen molar-refractivity contribution in [2.45, 2.75) is 19.5 Å². The van der Waals surface area contributed by atoms with Crippen molar-refractivity contribution in [1.29, 1.82) is 0 Å². The van der Waals surface area contributed by atoms with Crippen LogP contribution >= 0.6 is 23.2 Å². The molecule has 0 radical (unpaired) electrons. The van der Waals surface area contributed by atoms with E-state index in [0.29, 0.717) is 16.6 Å². The van der Waals surface area contributed by atoms with E-state index in [0.717, 1.165) is 5.56 Å². The second-order valence-corrected chi connectivity index (χ2v) is 6.50. The summed E-state index contributed by atoms with van der Waals surface area (Å²) in [7, 11) is 0. The Hall–Kier alpha value is -2.91. The summed E-state index contributed by atoms with van der Waals surface area (Å²) in [6, 6.07) is 5.71. The zero-order valence-corrected chi connectivity index (χ0v) is 15.5. The number of amides is 1. The van der Waals surface area contributed by atoms with Crippen molar-refractivity contribution in [3.63, 3.8) is 0 Å². The average molecular weight is 409 g/mol. The minimum Gasteiger partial charge on any atom is -0.476 e. The van der Waals surface area contributed by atoms with Gasteiger partial charge in [0.2, 0.25) is 5.95 Å². The van der Waals surface area contributed by atoms with Crippen molar-refractivity contribution in [1.82, 2.24) is 24.5 Å². The lowest BCUT2D eigenvalue weighted by molar-refractivity contribution is -0.119. The lowest BCUT2D eigenvalue weighted by Gasteiger charge is -2.10. The molecule has 0 saturated carbocycles. The number of carboxylic acid groups (broad SMARTS) is 1. The Morgan fingerprint density at radius 1 is 1.26 bits per heavy atom. The normalized spacial score (nSPS) is 12.0. The lowest BCUT2D eigenvalue weighted by atomic mass is 10.2. The number of aromatic carboxylic acids is 1. The number of nitrogens with zero attached hydrogens (tertiary/aromatic N) is 5. The van der Waals surface area contributed by atoms with Crippen molar-refractivity contribution >= 4 is 41.0 Å². The van der Waals surface area contributed by atoms with Gasteiger partial charge in [-0.15, -0.1) is 5.10 Å². The Morgan fingerprint density at radius 2 is 2.04 bits per heavy atom. The van der Waals surface area contributed by atoms with Crippen LogP contribution in [0.15, 0.2) is 36.8 Å². The summed E-state index contributed by atoms with van der Waals surface area (Å²) in [6.07, 6.45) is 2.88. The van der Waals surface area contributed by atoms with Crippen LogP contribution in [0, 0.1) is 0 Å². The summed E-state index contributed by atoms with van der Waals surface area (Å²) >= 11 is 12.0. The maximum atomic E-state index is 12.3. The zero-order chi connectivity index (χ0) is 19.6. The molecule has 0 spiro atoms. The van der Waals surface area contributed by atoms with Gasteiger partial charge in [0.05, 0.1) is 6.54 Å². The van der Waals surface area contributed by atoms with Gasteiger partial charge in [0.25, 0.3) is 5.91 Å². The van der Waals surface area contributed by atoms with Gasteiger partial charge in [0.15, 0.2) is 5.69 Å². The first kappa shape index (κ1) is 18.9. The molecule has 1 aromatic carbocycles. The maximum absolute atomic E-state index is 12.3. The fraction of sp³-hybridized carbons (Fsp3) is 0.188. The molecule has 3 rings (SSSR count). The minimum absolute atomic E-state index is 0.113. The van der Waals surface area contributed by atoms with Crippen molar-refractivity contribution in [2.24, 2.45) is 0 Å². The van der Waals surface area contributed by atoms with Gasteiger partial charge in [0, 0.05) is 16.2 Å². The van der Waals surface area contributed by atoms with E-state index in [4.69, 9.17) is 28.3 Å². The molecule has 1 unspecified atom stereocenters. The summed E-state index contributed by atoms with van der Waals surface area (Å²) in [5.41, 5.74) is 0.659. The predicted molar refractivity (Wildman–Crippen MR) is 98.1 cm³/mol. The number of benzene rings is 1. The Balaban J connectivity index is 1.65. The Labute approximate surface area is 163 Å². The molecule has 2 heterocycles. The predicted octanol–water partition coefficient (Wildman–Crippen LogP) is 2.73. The summed E-state index contributed by atoms with van der Waals surface area (Å²) < 4.78 is 2.77. The van der Waals surface area contributed by atoms with Gasteiger partial charge in [-0.1, -0.05) is 29.3 Å². The Bertz CT molecular complexity index is 1000. The van der Waals surface area contributed by atoms with Gasteiger partial charge in [-0.2, -0.15) is 5.10 Å². The van der Waals surface area contributed by atoms with Crippen molar-refractivity contribution < 1.29 is 14.7 Å². The fourth-order valence-corrected chi connectivity index (χ4v) is 2.72. The largest absolute Gasteiger partial charge is 0.476 e. The summed E-state index contributed by atoms with van der Waals surface area (Å²) in [5, 5.41) is 20.5. The SMILES string of the molecule is CC(C(=O)Nc1ncn(Cc2ccc(Cl)cc2Cl)n1)n1ccc(C(=O)O)n1. The third kappa shape index (κ3) is 4.44. The molecule has 0 aliphatic heterocycles. The highest BCUT2D eigenvalue weighted by molar-refractivity contribution is 6.35. The summed E-state index contributed by atoms with van der Waals surface area (Å²) in [5.74, 6) is -1.48. The fourth-order valence-electron chi connectivity index (χ4n) is 2.26. The Kier molecular flexibility index (Phi) is 5.43. The van der Waals surface area contributed by atoms with E-state index < -0.39 is 17.9 Å². The van der Waals surface area contributed by atoms with Crippen molar-refractivity contribution in [3.05, 3.63) is 58.1 Å². The standard InChI is InChI=1S/C16H14Cl2N6O3/c1-9(24-5-4-13(21-24)15(26)27)14(25)20-16-19-8-23(22-16)7-10-2-3-11(17)6-12(10)18/h2-6,8-9H,7H2,1H3,(H,26,27)(H,20,22,25). The van der Waals surface area contributed by atoms with Gasteiger partial charge in [-0.3, -0.25) is 14.8 Å². The summed E-state index contributed by atoms with van der Waals surface area (Å²) in [4.78, 5) is 27.2. The molecule has 2 N–H and O–H groups in total. The van der Waals surface area contributed by atoms with E-state index in [1.54, 1.807) is 25.1 Å². The molecular weight excluding hydrogens is 395 g/mol. The van der Waals surface area contributed by atoms with Crippen LogP contribution in [0.3, 0.4) is 0 Å². The highest BCUT2D eigenvalue weighted by Crippen LogP contribution is 2.21. The molecule has 0 saturated heterocycles. The number of aromatic nitrogens is 5. The third-order valence-corrected chi connectivity index (χ3v) is 4.31. The van der Waals surface area contributed by atoms with Crippen LogP contribution in [-0.4, -0.2) is 41.5 Å². The second-order valence-electron chi connectivity index (χ2n) is 5.65. The van der Waals surface area contributed by atoms with Crippen LogP contribution in [0.2, 0.25) is 10.0 Å². The number of carboxylic acids is 1. The molecule has 2 aromatic heterocycles. The number of nitrogens with one attached hydrogen (secondary N) is 1. The molecule has 11 heteroatoms. The molecule has 0 bridgehead atoms. The molecule has 1 amide bonds. The van der Waals surface area contributed by atoms with Crippen LogP contribution in [-0.2, 0) is 11.3 Å². The van der Waals surface area contributed by atoms with Crippen molar-refractivity contribution in [2.75, 3.05) is 5.32 Å². The van der Waals surface area contributed by atoms with Crippen LogP contribution < -0.4 is 5.32 Å². The number of halogens is 2. The number of carbonyl (C=O) groups is 2. The highest BCUT2D eigenvalue weighted by atomic mass is 35.5. The molecule has 27 heavy (non-hydrogen) atoms. The van der Waals surface area contributed by atoms with E-state index in [1.165, 1.54) is 28.0 Å². The summed E-state index contributed by atoms with van der Waals surface area (Å²) in [6.45, 7) is 1.94. The molecule has 0 aliphatic rings. The molecular formula is C16H14Cl2N6O3. The third-order valence-electron chi connectivity index (χ3n) is 3.72. The van der Waals surface area contributed by atoms with Gasteiger partial charge >= 0.3 is 5.97 Å².